The molecule has 2 N–H and O–H groups in total. The lowest BCUT2D eigenvalue weighted by Gasteiger charge is -2.18. The number of anilines is 1. The van der Waals surface area contributed by atoms with Crippen molar-refractivity contribution in [2.45, 2.75) is 26.8 Å². The van der Waals surface area contributed by atoms with Gasteiger partial charge in [-0.3, -0.25) is 4.79 Å². The Bertz CT molecular complexity index is 509. The number of carbonyl (C=O) groups is 1. The summed E-state index contributed by atoms with van der Waals surface area (Å²) in [5, 5.41) is 5.75. The van der Waals surface area contributed by atoms with Crippen LogP contribution >= 0.6 is 0 Å². The molecule has 5 heteroatoms. The van der Waals surface area contributed by atoms with E-state index < -0.39 is 6.04 Å². The van der Waals surface area contributed by atoms with Crippen molar-refractivity contribution in [2.75, 3.05) is 25.1 Å². The van der Waals surface area contributed by atoms with Crippen LogP contribution in [0.2, 0.25) is 0 Å². The van der Waals surface area contributed by atoms with E-state index in [9.17, 15) is 4.79 Å². The summed E-state index contributed by atoms with van der Waals surface area (Å²) in [6.07, 6.45) is 5.12. The minimum atomic E-state index is -0.436. The minimum absolute atomic E-state index is 0.169. The molecule has 0 saturated carbocycles. The largest absolute Gasteiger partial charge is 0.494 e. The summed E-state index contributed by atoms with van der Waals surface area (Å²) in [5.41, 5.74) is 0.714. The Morgan fingerprint density at radius 1 is 1.33 bits per heavy atom. The zero-order valence-electron chi connectivity index (χ0n) is 12.7. The van der Waals surface area contributed by atoms with Gasteiger partial charge in [0.15, 0.2) is 0 Å². The molecule has 1 amide bonds. The summed E-state index contributed by atoms with van der Waals surface area (Å²) in [6, 6.07) is 5.04. The van der Waals surface area contributed by atoms with E-state index in [0.29, 0.717) is 24.7 Å². The van der Waals surface area contributed by atoms with E-state index in [1.54, 1.807) is 6.92 Å². The second kappa shape index (κ2) is 8.75. The van der Waals surface area contributed by atoms with Crippen LogP contribution in [0.5, 0.6) is 11.5 Å². The third kappa shape index (κ3) is 5.27. The van der Waals surface area contributed by atoms with Crippen molar-refractivity contribution < 1.29 is 14.3 Å². The number of hydrogen-bond acceptors (Lipinski definition) is 4. The second-order valence-corrected chi connectivity index (χ2v) is 4.31. The maximum Gasteiger partial charge on any atom is 0.242 e. The van der Waals surface area contributed by atoms with E-state index in [1.165, 1.54) is 0 Å². The highest BCUT2D eigenvalue weighted by molar-refractivity contribution is 5.85. The van der Waals surface area contributed by atoms with Crippen molar-refractivity contribution in [3.8, 4) is 23.8 Å². The molecule has 0 aliphatic carbocycles. The lowest BCUT2D eigenvalue weighted by molar-refractivity contribution is -0.121. The molecule has 114 valence electrons. The fourth-order valence-corrected chi connectivity index (χ4v) is 1.75. The molecule has 1 atom stereocenters. The first-order valence-electron chi connectivity index (χ1n) is 6.99. The third-order valence-electron chi connectivity index (χ3n) is 2.69. The van der Waals surface area contributed by atoms with Crippen molar-refractivity contribution in [2.24, 2.45) is 0 Å². The van der Waals surface area contributed by atoms with Crippen LogP contribution in [0, 0.1) is 12.3 Å². The molecule has 0 fully saturated rings. The monoisotopic (exact) mass is 290 g/mol. The zero-order chi connectivity index (χ0) is 15.7. The van der Waals surface area contributed by atoms with Gasteiger partial charge in [0.25, 0.3) is 0 Å². The second-order valence-electron chi connectivity index (χ2n) is 4.31. The standard InChI is InChI=1S/C16H22N2O3/c1-5-10-17-16(19)12(4)18-14-11-13(20-6-2)8-9-15(14)21-7-3/h1,8-9,11-12,18H,6-7,10H2,2-4H3,(H,17,19). The number of terminal acetylenes is 1. The van der Waals surface area contributed by atoms with Crippen LogP contribution in [0.3, 0.4) is 0 Å². The highest BCUT2D eigenvalue weighted by Gasteiger charge is 2.14. The predicted octanol–water partition coefficient (Wildman–Crippen LogP) is 2.03. The average Bonchev–Trinajstić information content (AvgIpc) is 2.47. The van der Waals surface area contributed by atoms with Gasteiger partial charge in [0.1, 0.15) is 17.5 Å². The number of carbonyl (C=O) groups excluding carboxylic acids is 1. The molecule has 0 aliphatic rings. The highest BCUT2D eigenvalue weighted by Crippen LogP contribution is 2.30. The molecular formula is C16H22N2O3. The maximum absolute atomic E-state index is 11.8. The topological polar surface area (TPSA) is 59.6 Å². The summed E-state index contributed by atoms with van der Waals surface area (Å²) in [6.45, 7) is 6.91. The number of ether oxygens (including phenoxy) is 2. The Kier molecular flexibility index (Phi) is 6.96. The van der Waals surface area contributed by atoms with Crippen molar-refractivity contribution >= 4 is 11.6 Å². The van der Waals surface area contributed by atoms with Crippen molar-refractivity contribution in [1.29, 1.82) is 0 Å². The van der Waals surface area contributed by atoms with Gasteiger partial charge >= 0.3 is 0 Å². The molecule has 1 unspecified atom stereocenters. The number of nitrogens with one attached hydrogen (secondary N) is 2. The van der Waals surface area contributed by atoms with Crippen LogP contribution in [-0.2, 0) is 4.79 Å². The lowest BCUT2D eigenvalue weighted by atomic mass is 10.2. The number of benzene rings is 1. The molecule has 0 aliphatic heterocycles. The van der Waals surface area contributed by atoms with E-state index in [1.807, 2.05) is 32.0 Å². The lowest BCUT2D eigenvalue weighted by Crippen LogP contribution is -2.37. The van der Waals surface area contributed by atoms with Crippen molar-refractivity contribution in [3.05, 3.63) is 18.2 Å². The molecule has 1 aromatic rings. The Morgan fingerprint density at radius 2 is 2.05 bits per heavy atom. The minimum Gasteiger partial charge on any atom is -0.494 e. The first-order chi connectivity index (χ1) is 10.1. The van der Waals surface area contributed by atoms with Gasteiger partial charge in [-0.25, -0.2) is 0 Å². The molecule has 0 heterocycles. The van der Waals surface area contributed by atoms with Gasteiger partial charge < -0.3 is 20.1 Å². The van der Waals surface area contributed by atoms with Gasteiger partial charge in [-0.1, -0.05) is 5.92 Å². The number of hydrogen-bond donors (Lipinski definition) is 2. The van der Waals surface area contributed by atoms with Crippen molar-refractivity contribution in [3.63, 3.8) is 0 Å². The average molecular weight is 290 g/mol. The van der Waals surface area contributed by atoms with Crippen molar-refractivity contribution in [1.82, 2.24) is 5.32 Å². The van der Waals surface area contributed by atoms with E-state index in [4.69, 9.17) is 15.9 Å². The van der Waals surface area contributed by atoms with Crippen LogP contribution in [0.25, 0.3) is 0 Å². The van der Waals surface area contributed by atoms with Crippen LogP contribution in [0.4, 0.5) is 5.69 Å². The molecule has 1 aromatic carbocycles. The van der Waals surface area contributed by atoms with Gasteiger partial charge in [0.2, 0.25) is 5.91 Å². The molecule has 0 bridgehead atoms. The molecular weight excluding hydrogens is 268 g/mol. The Labute approximate surface area is 126 Å². The SMILES string of the molecule is C#CCNC(=O)C(C)Nc1cc(OCC)ccc1OCC. The highest BCUT2D eigenvalue weighted by atomic mass is 16.5. The van der Waals surface area contributed by atoms with E-state index in [0.717, 1.165) is 5.75 Å². The van der Waals surface area contributed by atoms with E-state index in [2.05, 4.69) is 16.6 Å². The van der Waals surface area contributed by atoms with Gasteiger partial charge in [-0.2, -0.15) is 0 Å². The first kappa shape index (κ1) is 16.7. The molecule has 21 heavy (non-hydrogen) atoms. The zero-order valence-corrected chi connectivity index (χ0v) is 12.7. The molecule has 0 aromatic heterocycles. The molecule has 0 saturated heterocycles. The van der Waals surface area contributed by atoms with Gasteiger partial charge in [0, 0.05) is 6.07 Å². The summed E-state index contributed by atoms with van der Waals surface area (Å²) in [7, 11) is 0. The Morgan fingerprint density at radius 3 is 2.67 bits per heavy atom. The number of rotatable bonds is 8. The van der Waals surface area contributed by atoms with Gasteiger partial charge in [-0.15, -0.1) is 6.42 Å². The number of amides is 1. The smallest absolute Gasteiger partial charge is 0.242 e. The Hall–Kier alpha value is -2.35. The van der Waals surface area contributed by atoms with E-state index >= 15 is 0 Å². The van der Waals surface area contributed by atoms with Crippen LogP contribution in [0.15, 0.2) is 18.2 Å². The summed E-state index contributed by atoms with van der Waals surface area (Å²) in [5.74, 6) is 3.60. The van der Waals surface area contributed by atoms with Crippen LogP contribution in [0.1, 0.15) is 20.8 Å². The molecule has 0 radical (unpaired) electrons. The summed E-state index contributed by atoms with van der Waals surface area (Å²) >= 11 is 0. The predicted molar refractivity (Wildman–Crippen MR) is 83.7 cm³/mol. The van der Waals surface area contributed by atoms with Crippen LogP contribution in [-0.4, -0.2) is 31.7 Å². The van der Waals surface area contributed by atoms with Gasteiger partial charge in [0.05, 0.1) is 25.4 Å². The first-order valence-corrected chi connectivity index (χ1v) is 6.99. The summed E-state index contributed by atoms with van der Waals surface area (Å²) < 4.78 is 11.0. The summed E-state index contributed by atoms with van der Waals surface area (Å²) in [4.78, 5) is 11.8. The molecule has 0 spiro atoms. The van der Waals surface area contributed by atoms with Crippen LogP contribution < -0.4 is 20.1 Å². The normalized spacial score (nSPS) is 11.1. The van der Waals surface area contributed by atoms with E-state index in [-0.39, 0.29) is 12.5 Å². The quantitative estimate of drug-likeness (QED) is 0.719. The fraction of sp³-hybridized carbons (Fsp3) is 0.438. The van der Waals surface area contributed by atoms with Gasteiger partial charge in [-0.05, 0) is 32.9 Å². The Balaban J connectivity index is 2.85. The third-order valence-corrected chi connectivity index (χ3v) is 2.69. The maximum atomic E-state index is 11.8. The molecule has 1 rings (SSSR count). The fourth-order valence-electron chi connectivity index (χ4n) is 1.75. The molecule has 5 nitrogen and oxygen atoms in total.